The van der Waals surface area contributed by atoms with Crippen LogP contribution in [-0.2, 0) is 0 Å². The summed E-state index contributed by atoms with van der Waals surface area (Å²) >= 11 is 0. The number of carbonyl (C=O) groups excluding carboxylic acids is 1. The summed E-state index contributed by atoms with van der Waals surface area (Å²) in [5.74, 6) is 0.999. The first-order valence-corrected chi connectivity index (χ1v) is 12.6. The van der Waals surface area contributed by atoms with Crippen molar-refractivity contribution in [3.05, 3.63) is 107 Å². The van der Waals surface area contributed by atoms with Gasteiger partial charge in [-0.05, 0) is 62.1 Å². The highest BCUT2D eigenvalue weighted by Gasteiger charge is 2.27. The second kappa shape index (κ2) is 10.4. The molecule has 38 heavy (non-hydrogen) atoms. The summed E-state index contributed by atoms with van der Waals surface area (Å²) in [6, 6.07) is 25.9. The Labute approximate surface area is 221 Å². The van der Waals surface area contributed by atoms with E-state index < -0.39 is 6.04 Å². The van der Waals surface area contributed by atoms with E-state index in [1.165, 1.54) is 0 Å². The van der Waals surface area contributed by atoms with Crippen LogP contribution in [0.4, 0.5) is 10.5 Å². The Hall–Kier alpha value is -4.65. The van der Waals surface area contributed by atoms with E-state index in [-0.39, 0.29) is 11.6 Å². The molecule has 7 heteroatoms. The zero-order valence-corrected chi connectivity index (χ0v) is 21.9. The Morgan fingerprint density at radius 1 is 1.00 bits per heavy atom. The molecule has 4 aromatic carbocycles. The lowest BCUT2D eigenvalue weighted by Crippen LogP contribution is -2.39. The van der Waals surface area contributed by atoms with E-state index in [0.29, 0.717) is 34.7 Å². The Balaban J connectivity index is 1.63. The summed E-state index contributed by atoms with van der Waals surface area (Å²) in [6.07, 6.45) is 0. The molecular formula is C31H30N4O3. The number of nitrogens with zero attached hydrogens (tertiary/aromatic N) is 3. The highest BCUT2D eigenvalue weighted by Crippen LogP contribution is 2.29. The smallest absolute Gasteiger partial charge is 0.322 e. The molecule has 1 atom stereocenters. The van der Waals surface area contributed by atoms with E-state index in [9.17, 15) is 9.59 Å². The summed E-state index contributed by atoms with van der Waals surface area (Å²) in [5.41, 5.74) is 2.64. The van der Waals surface area contributed by atoms with E-state index in [2.05, 4.69) is 5.32 Å². The quantitative estimate of drug-likeness (QED) is 0.286. The predicted octanol–water partition coefficient (Wildman–Crippen LogP) is 6.47. The van der Waals surface area contributed by atoms with Crippen molar-refractivity contribution in [3.8, 4) is 11.4 Å². The molecule has 7 nitrogen and oxygen atoms in total. The van der Waals surface area contributed by atoms with Crippen LogP contribution in [0.15, 0.2) is 89.7 Å². The van der Waals surface area contributed by atoms with Crippen LogP contribution in [0.3, 0.4) is 0 Å². The van der Waals surface area contributed by atoms with Crippen LogP contribution < -0.4 is 15.6 Å². The minimum Gasteiger partial charge on any atom is -0.495 e. The van der Waals surface area contributed by atoms with Gasteiger partial charge in [0.25, 0.3) is 5.56 Å². The molecule has 5 rings (SSSR count). The summed E-state index contributed by atoms with van der Waals surface area (Å²) < 4.78 is 7.21. The Bertz CT molecular complexity index is 1700. The number of para-hydroxylation sites is 1. The van der Waals surface area contributed by atoms with Gasteiger partial charge in [-0.2, -0.15) is 0 Å². The largest absolute Gasteiger partial charge is 0.495 e. The Morgan fingerprint density at radius 3 is 2.47 bits per heavy atom. The van der Waals surface area contributed by atoms with Gasteiger partial charge in [0.05, 0.1) is 35.4 Å². The monoisotopic (exact) mass is 506 g/mol. The molecule has 0 aliphatic carbocycles. The Kier molecular flexibility index (Phi) is 6.83. The molecule has 1 aromatic heterocycles. The molecule has 0 saturated heterocycles. The summed E-state index contributed by atoms with van der Waals surface area (Å²) in [5, 5.41) is 5.57. The highest BCUT2D eigenvalue weighted by atomic mass is 16.5. The van der Waals surface area contributed by atoms with E-state index in [0.717, 1.165) is 22.0 Å². The van der Waals surface area contributed by atoms with Gasteiger partial charge in [0, 0.05) is 11.9 Å². The fraction of sp³-hybridized carbons (Fsp3) is 0.194. The number of nitrogens with one attached hydrogen (secondary N) is 1. The number of carbonyl (C=O) groups is 1. The second-order valence-corrected chi connectivity index (χ2v) is 9.22. The molecule has 0 saturated carbocycles. The van der Waals surface area contributed by atoms with Crippen LogP contribution in [0.1, 0.15) is 31.3 Å². The van der Waals surface area contributed by atoms with Crippen molar-refractivity contribution in [2.45, 2.75) is 26.8 Å². The molecule has 0 aliphatic heterocycles. The van der Waals surface area contributed by atoms with Crippen molar-refractivity contribution < 1.29 is 9.53 Å². The third-order valence-electron chi connectivity index (χ3n) is 6.85. The van der Waals surface area contributed by atoms with E-state index >= 15 is 0 Å². The van der Waals surface area contributed by atoms with Gasteiger partial charge in [0.2, 0.25) is 0 Å². The average molecular weight is 507 g/mol. The second-order valence-electron chi connectivity index (χ2n) is 9.22. The topological polar surface area (TPSA) is 76.5 Å². The number of fused-ring (bicyclic) bond motifs is 2. The van der Waals surface area contributed by atoms with Crippen LogP contribution in [0.2, 0.25) is 0 Å². The molecular weight excluding hydrogens is 476 g/mol. The van der Waals surface area contributed by atoms with E-state index in [1.807, 2.05) is 99.6 Å². The Morgan fingerprint density at radius 2 is 1.71 bits per heavy atom. The fourth-order valence-corrected chi connectivity index (χ4v) is 4.89. The lowest BCUT2D eigenvalue weighted by Gasteiger charge is -2.30. The number of aryl methyl sites for hydroxylation is 1. The van der Waals surface area contributed by atoms with Crippen molar-refractivity contribution >= 4 is 33.4 Å². The highest BCUT2D eigenvalue weighted by molar-refractivity contribution is 6.01. The summed E-state index contributed by atoms with van der Waals surface area (Å²) in [6.45, 7) is 6.17. The maximum atomic E-state index is 13.9. The number of hydrogen-bond donors (Lipinski definition) is 1. The van der Waals surface area contributed by atoms with E-state index in [1.54, 1.807) is 22.6 Å². The molecule has 0 radical (unpaired) electrons. The molecule has 0 bridgehead atoms. The maximum absolute atomic E-state index is 13.9. The van der Waals surface area contributed by atoms with Gasteiger partial charge in [-0.3, -0.25) is 9.36 Å². The van der Waals surface area contributed by atoms with E-state index in [4.69, 9.17) is 9.72 Å². The molecule has 0 aliphatic rings. The molecule has 192 valence electrons. The molecule has 0 spiro atoms. The van der Waals surface area contributed by atoms with Crippen LogP contribution in [0.5, 0.6) is 5.75 Å². The van der Waals surface area contributed by atoms with Gasteiger partial charge in [0.15, 0.2) is 0 Å². The lowest BCUT2D eigenvalue weighted by atomic mass is 10.1. The third-order valence-corrected chi connectivity index (χ3v) is 6.85. The number of urea groups is 1. The lowest BCUT2D eigenvalue weighted by molar-refractivity contribution is 0.193. The molecule has 5 aromatic rings. The number of rotatable bonds is 6. The maximum Gasteiger partial charge on any atom is 0.322 e. The van der Waals surface area contributed by atoms with Gasteiger partial charge >= 0.3 is 6.03 Å². The van der Waals surface area contributed by atoms with Crippen molar-refractivity contribution in [1.29, 1.82) is 0 Å². The zero-order valence-electron chi connectivity index (χ0n) is 21.9. The minimum atomic E-state index is -0.530. The number of methoxy groups -OCH3 is 1. The normalized spacial score (nSPS) is 11.9. The molecule has 1 unspecified atom stereocenters. The summed E-state index contributed by atoms with van der Waals surface area (Å²) in [7, 11) is 1.58. The minimum absolute atomic E-state index is 0.216. The first-order valence-electron chi connectivity index (χ1n) is 12.6. The SMILES string of the molecule is CCN(C(=O)Nc1cccc2ccccc12)C(C)c1nc2ccccc2c(=O)n1-c1cc(C)ccc1OC. The van der Waals surface area contributed by atoms with Gasteiger partial charge in [-0.1, -0.05) is 54.6 Å². The zero-order chi connectivity index (χ0) is 26.8. The van der Waals surface area contributed by atoms with Gasteiger partial charge in [-0.15, -0.1) is 0 Å². The van der Waals surface area contributed by atoms with Crippen LogP contribution in [0, 0.1) is 6.92 Å². The van der Waals surface area contributed by atoms with Crippen molar-refractivity contribution in [3.63, 3.8) is 0 Å². The molecule has 0 fully saturated rings. The molecule has 2 amide bonds. The van der Waals surface area contributed by atoms with Crippen molar-refractivity contribution in [2.24, 2.45) is 0 Å². The van der Waals surface area contributed by atoms with Crippen molar-refractivity contribution in [2.75, 3.05) is 19.0 Å². The summed E-state index contributed by atoms with van der Waals surface area (Å²) in [4.78, 5) is 34.1. The number of anilines is 1. The molecule has 1 heterocycles. The number of benzene rings is 4. The average Bonchev–Trinajstić information content (AvgIpc) is 2.93. The van der Waals surface area contributed by atoms with Crippen LogP contribution in [-0.4, -0.2) is 34.1 Å². The first-order chi connectivity index (χ1) is 18.4. The number of hydrogen-bond acceptors (Lipinski definition) is 4. The molecule has 1 N–H and O–H groups in total. The number of amides is 2. The van der Waals surface area contributed by atoms with Gasteiger partial charge < -0.3 is 15.0 Å². The van der Waals surface area contributed by atoms with Gasteiger partial charge in [0.1, 0.15) is 11.6 Å². The van der Waals surface area contributed by atoms with Crippen LogP contribution in [0.25, 0.3) is 27.4 Å². The predicted molar refractivity (Wildman–Crippen MR) is 152 cm³/mol. The number of aromatic nitrogens is 2. The van der Waals surface area contributed by atoms with Crippen molar-refractivity contribution in [1.82, 2.24) is 14.5 Å². The van der Waals surface area contributed by atoms with Crippen LogP contribution >= 0.6 is 0 Å². The van der Waals surface area contributed by atoms with Gasteiger partial charge in [-0.25, -0.2) is 9.78 Å². The standard InChI is InChI=1S/C31H30N4O3/c1-5-34(31(37)33-25-16-10-12-22-11-6-7-13-23(22)25)21(3)29-32-26-15-9-8-14-24(26)30(36)35(29)27-19-20(2)17-18-28(27)38-4/h6-19,21H,5H2,1-4H3,(H,33,37). The number of ether oxygens (including phenoxy) is 1. The fourth-order valence-electron chi connectivity index (χ4n) is 4.89. The third kappa shape index (κ3) is 4.47. The first kappa shape index (κ1) is 25.0.